The van der Waals surface area contributed by atoms with Crippen LogP contribution in [0.15, 0.2) is 30.6 Å². The third-order valence-corrected chi connectivity index (χ3v) is 5.03. The molecule has 0 bridgehead atoms. The van der Waals surface area contributed by atoms with Gasteiger partial charge in [-0.1, -0.05) is 13.0 Å². The van der Waals surface area contributed by atoms with Gasteiger partial charge in [-0.15, -0.1) is 0 Å². The summed E-state index contributed by atoms with van der Waals surface area (Å²) in [5.74, 6) is -1.60. The molecular weight excluding hydrogens is 388 g/mol. The van der Waals surface area contributed by atoms with Gasteiger partial charge >= 0.3 is 11.8 Å². The summed E-state index contributed by atoms with van der Waals surface area (Å²) < 4.78 is 4.98. The van der Waals surface area contributed by atoms with Crippen molar-refractivity contribution in [2.45, 2.75) is 25.8 Å². The standard InChI is InChI=1S/C20H24N6O4/c1-11-3-5-15(12-4-6-16(21)23-8-12)26(10-11)20(29)18(28)25-13-7-14(17(22)27)19(30-2)24-9-13/h4,6-9,11,15H,3,5,10H2,1-2H3,(H2,21,23)(H2,22,27)(H,25,28)/t11-,15+/m0/s1. The van der Waals surface area contributed by atoms with Crippen LogP contribution in [0.3, 0.4) is 0 Å². The van der Waals surface area contributed by atoms with Gasteiger partial charge in [0.25, 0.3) is 5.91 Å². The minimum atomic E-state index is -0.833. The molecule has 0 radical (unpaired) electrons. The summed E-state index contributed by atoms with van der Waals surface area (Å²) in [7, 11) is 1.35. The second kappa shape index (κ2) is 8.76. The predicted molar refractivity (Wildman–Crippen MR) is 109 cm³/mol. The number of nitrogens with zero attached hydrogens (tertiary/aromatic N) is 3. The van der Waals surface area contributed by atoms with Crippen LogP contribution in [-0.2, 0) is 9.59 Å². The molecule has 0 aliphatic carbocycles. The van der Waals surface area contributed by atoms with Crippen molar-refractivity contribution < 1.29 is 19.1 Å². The summed E-state index contributed by atoms with van der Waals surface area (Å²) in [5, 5.41) is 2.49. The number of methoxy groups -OCH3 is 1. The molecule has 0 aromatic carbocycles. The molecule has 3 heterocycles. The van der Waals surface area contributed by atoms with Crippen LogP contribution in [0.5, 0.6) is 5.88 Å². The number of carbonyl (C=O) groups excluding carboxylic acids is 3. The molecule has 0 unspecified atom stereocenters. The Kier molecular flexibility index (Phi) is 6.14. The van der Waals surface area contributed by atoms with Gasteiger partial charge in [0.15, 0.2) is 0 Å². The van der Waals surface area contributed by atoms with Gasteiger partial charge in [-0.25, -0.2) is 9.97 Å². The molecule has 2 aromatic heterocycles. The zero-order chi connectivity index (χ0) is 21.8. The fourth-order valence-corrected chi connectivity index (χ4v) is 3.51. The number of nitrogens with one attached hydrogen (secondary N) is 1. The van der Waals surface area contributed by atoms with Gasteiger partial charge < -0.3 is 26.4 Å². The molecule has 2 atom stereocenters. The molecule has 5 N–H and O–H groups in total. The summed E-state index contributed by atoms with van der Waals surface area (Å²) in [6.07, 6.45) is 4.55. The third-order valence-electron chi connectivity index (χ3n) is 5.03. The lowest BCUT2D eigenvalue weighted by molar-refractivity contribution is -0.146. The molecule has 2 aromatic rings. The van der Waals surface area contributed by atoms with Crippen LogP contribution in [0.1, 0.15) is 41.7 Å². The number of likely N-dealkylation sites (tertiary alicyclic amines) is 1. The van der Waals surface area contributed by atoms with Gasteiger partial charge in [-0.2, -0.15) is 0 Å². The van der Waals surface area contributed by atoms with Crippen molar-refractivity contribution in [2.24, 2.45) is 11.7 Å². The van der Waals surface area contributed by atoms with Crippen molar-refractivity contribution in [3.05, 3.63) is 41.7 Å². The second-order valence-electron chi connectivity index (χ2n) is 7.27. The van der Waals surface area contributed by atoms with Crippen molar-refractivity contribution in [3.8, 4) is 5.88 Å². The highest BCUT2D eigenvalue weighted by atomic mass is 16.5. The molecule has 0 spiro atoms. The Morgan fingerprint density at radius 2 is 1.97 bits per heavy atom. The number of hydrogen-bond acceptors (Lipinski definition) is 7. The molecule has 3 amide bonds. The largest absolute Gasteiger partial charge is 0.480 e. The zero-order valence-electron chi connectivity index (χ0n) is 16.8. The van der Waals surface area contributed by atoms with Crippen molar-refractivity contribution in [1.29, 1.82) is 0 Å². The number of primary amides is 1. The highest BCUT2D eigenvalue weighted by Crippen LogP contribution is 2.33. The smallest absolute Gasteiger partial charge is 0.313 e. The van der Waals surface area contributed by atoms with E-state index in [1.165, 1.54) is 19.4 Å². The molecule has 3 rings (SSSR count). The lowest BCUT2D eigenvalue weighted by atomic mass is 9.90. The summed E-state index contributed by atoms with van der Waals surface area (Å²) in [4.78, 5) is 46.8. The van der Waals surface area contributed by atoms with Crippen LogP contribution in [0.4, 0.5) is 11.5 Å². The predicted octanol–water partition coefficient (Wildman–Crippen LogP) is 1.10. The average molecular weight is 412 g/mol. The Hall–Kier alpha value is -3.69. The highest BCUT2D eigenvalue weighted by Gasteiger charge is 2.34. The number of nitrogen functional groups attached to an aromatic ring is 1. The van der Waals surface area contributed by atoms with Gasteiger partial charge in [0.2, 0.25) is 5.88 Å². The van der Waals surface area contributed by atoms with E-state index in [1.807, 2.05) is 13.0 Å². The van der Waals surface area contributed by atoms with Crippen molar-refractivity contribution >= 4 is 29.2 Å². The number of anilines is 2. The Morgan fingerprint density at radius 1 is 1.20 bits per heavy atom. The van der Waals surface area contributed by atoms with Crippen molar-refractivity contribution in [2.75, 3.05) is 24.7 Å². The number of ether oxygens (including phenoxy) is 1. The first-order chi connectivity index (χ1) is 14.3. The third kappa shape index (κ3) is 4.48. The highest BCUT2D eigenvalue weighted by molar-refractivity contribution is 6.39. The summed E-state index contributed by atoms with van der Waals surface area (Å²) >= 11 is 0. The maximum Gasteiger partial charge on any atom is 0.313 e. The van der Waals surface area contributed by atoms with E-state index in [2.05, 4.69) is 15.3 Å². The quantitative estimate of drug-likeness (QED) is 0.636. The second-order valence-corrected chi connectivity index (χ2v) is 7.27. The summed E-state index contributed by atoms with van der Waals surface area (Å²) in [5.41, 5.74) is 12.0. The summed E-state index contributed by atoms with van der Waals surface area (Å²) in [6, 6.07) is 4.53. The van der Waals surface area contributed by atoms with Gasteiger partial charge in [0, 0.05) is 12.7 Å². The van der Waals surface area contributed by atoms with Gasteiger partial charge in [-0.3, -0.25) is 14.4 Å². The number of carbonyl (C=O) groups is 3. The van der Waals surface area contributed by atoms with Crippen LogP contribution in [0.25, 0.3) is 0 Å². The van der Waals surface area contributed by atoms with E-state index >= 15 is 0 Å². The van der Waals surface area contributed by atoms with E-state index in [0.29, 0.717) is 18.8 Å². The number of nitrogens with two attached hydrogens (primary N) is 2. The molecule has 1 saturated heterocycles. The molecule has 158 valence electrons. The van der Waals surface area contributed by atoms with Crippen molar-refractivity contribution in [1.82, 2.24) is 14.9 Å². The SMILES string of the molecule is COc1ncc(NC(=O)C(=O)N2C[C@@H](C)CC[C@@H]2c2ccc(N)nc2)cc1C(N)=O. The monoisotopic (exact) mass is 412 g/mol. The Bertz CT molecular complexity index is 962. The summed E-state index contributed by atoms with van der Waals surface area (Å²) in [6.45, 7) is 2.47. The Labute approximate surface area is 173 Å². The first kappa shape index (κ1) is 21.0. The van der Waals surface area contributed by atoms with E-state index in [9.17, 15) is 14.4 Å². The number of pyridine rings is 2. The Balaban J connectivity index is 1.80. The molecule has 1 fully saturated rings. The fourth-order valence-electron chi connectivity index (χ4n) is 3.51. The minimum Gasteiger partial charge on any atom is -0.480 e. The van der Waals surface area contributed by atoms with Crippen LogP contribution in [0, 0.1) is 5.92 Å². The van der Waals surface area contributed by atoms with E-state index < -0.39 is 17.7 Å². The number of piperidine rings is 1. The molecule has 10 heteroatoms. The van der Waals surface area contributed by atoms with Crippen LogP contribution < -0.4 is 21.5 Å². The first-order valence-corrected chi connectivity index (χ1v) is 9.47. The molecule has 0 saturated carbocycles. The van der Waals surface area contributed by atoms with E-state index in [-0.39, 0.29) is 29.1 Å². The van der Waals surface area contributed by atoms with Gasteiger partial charge in [-0.05, 0) is 36.5 Å². The van der Waals surface area contributed by atoms with Gasteiger partial charge in [0.05, 0.1) is 25.0 Å². The average Bonchev–Trinajstić information content (AvgIpc) is 2.73. The molecule has 1 aliphatic rings. The van der Waals surface area contributed by atoms with Crippen LogP contribution >= 0.6 is 0 Å². The topological polar surface area (TPSA) is 154 Å². The van der Waals surface area contributed by atoms with Gasteiger partial charge in [0.1, 0.15) is 11.4 Å². The normalized spacial score (nSPS) is 18.5. The molecule has 10 nitrogen and oxygen atoms in total. The van der Waals surface area contributed by atoms with E-state index in [0.717, 1.165) is 12.0 Å². The lowest BCUT2D eigenvalue weighted by Gasteiger charge is -2.38. The number of hydrogen-bond donors (Lipinski definition) is 3. The lowest BCUT2D eigenvalue weighted by Crippen LogP contribution is -2.46. The minimum absolute atomic E-state index is 0.000156. The van der Waals surface area contributed by atoms with Crippen molar-refractivity contribution in [3.63, 3.8) is 0 Å². The van der Waals surface area contributed by atoms with E-state index in [4.69, 9.17) is 16.2 Å². The maximum atomic E-state index is 13.0. The number of rotatable bonds is 4. The molecule has 30 heavy (non-hydrogen) atoms. The maximum absolute atomic E-state index is 13.0. The Morgan fingerprint density at radius 3 is 2.60 bits per heavy atom. The zero-order valence-corrected chi connectivity index (χ0v) is 16.8. The number of aromatic nitrogens is 2. The molecular formula is C20H24N6O4. The first-order valence-electron chi connectivity index (χ1n) is 9.47. The van der Waals surface area contributed by atoms with Crippen LogP contribution in [0.2, 0.25) is 0 Å². The van der Waals surface area contributed by atoms with E-state index in [1.54, 1.807) is 17.2 Å². The fraction of sp³-hybridized carbons (Fsp3) is 0.350. The number of amides is 3. The molecule has 1 aliphatic heterocycles. The van der Waals surface area contributed by atoms with Crippen LogP contribution in [-0.4, -0.2) is 46.2 Å².